The number of aliphatic hydroxyl groups is 1. The Bertz CT molecular complexity index is 586. The summed E-state index contributed by atoms with van der Waals surface area (Å²) in [5.41, 5.74) is 3.04. The highest BCUT2D eigenvalue weighted by Crippen LogP contribution is 2.24. The smallest absolute Gasteiger partial charge is 0.317 e. The molecule has 1 aromatic rings. The zero-order valence-electron chi connectivity index (χ0n) is 14.2. The van der Waals surface area contributed by atoms with Gasteiger partial charge in [-0.25, -0.2) is 4.79 Å². The van der Waals surface area contributed by atoms with Gasteiger partial charge in [0.25, 0.3) is 0 Å². The van der Waals surface area contributed by atoms with Gasteiger partial charge in [-0.2, -0.15) is 0 Å². The van der Waals surface area contributed by atoms with Crippen LogP contribution in [0.5, 0.6) is 0 Å². The summed E-state index contributed by atoms with van der Waals surface area (Å²) in [5, 5.41) is 12.6. The number of carbonyl (C=O) groups excluding carboxylic acids is 1. The number of likely N-dealkylation sites (tertiary alicyclic amines) is 1. The monoisotopic (exact) mass is 334 g/mol. The first-order valence-corrected chi connectivity index (χ1v) is 8.54. The van der Waals surface area contributed by atoms with E-state index < -0.39 is 5.60 Å². The lowest BCUT2D eigenvalue weighted by molar-refractivity contribution is -0.0866. The maximum atomic E-state index is 12.5. The first kappa shape index (κ1) is 17.2. The van der Waals surface area contributed by atoms with Crippen molar-refractivity contribution in [2.45, 2.75) is 38.0 Å². The van der Waals surface area contributed by atoms with Gasteiger partial charge in [0.2, 0.25) is 0 Å². The number of aliphatic hydroxyl groups excluding tert-OH is 1. The summed E-state index contributed by atoms with van der Waals surface area (Å²) >= 11 is 0. The van der Waals surface area contributed by atoms with Crippen molar-refractivity contribution in [3.05, 3.63) is 34.9 Å². The summed E-state index contributed by atoms with van der Waals surface area (Å²) in [5.74, 6) is 0. The lowest BCUT2D eigenvalue weighted by Crippen LogP contribution is -2.55. The fourth-order valence-corrected chi connectivity index (χ4v) is 3.58. The highest BCUT2D eigenvalue weighted by molar-refractivity contribution is 5.74. The number of nitrogens with one attached hydrogen (secondary N) is 1. The Morgan fingerprint density at radius 3 is 3.17 bits per heavy atom. The number of methoxy groups -OCH3 is 1. The maximum Gasteiger partial charge on any atom is 0.317 e. The largest absolute Gasteiger partial charge is 0.393 e. The summed E-state index contributed by atoms with van der Waals surface area (Å²) in [7, 11) is 1.59. The normalized spacial score (nSPS) is 23.7. The lowest BCUT2D eigenvalue weighted by atomic mass is 9.93. The Hall–Kier alpha value is -1.63. The number of hydrogen-bond donors (Lipinski definition) is 2. The minimum Gasteiger partial charge on any atom is -0.393 e. The van der Waals surface area contributed by atoms with Crippen molar-refractivity contribution in [3.8, 4) is 0 Å². The van der Waals surface area contributed by atoms with Gasteiger partial charge in [-0.3, -0.25) is 0 Å². The number of rotatable bonds is 4. The first-order chi connectivity index (χ1) is 11.7. The first-order valence-electron chi connectivity index (χ1n) is 8.54. The Morgan fingerprint density at radius 2 is 2.38 bits per heavy atom. The molecule has 3 rings (SSSR count). The molecule has 2 aliphatic rings. The predicted octanol–water partition coefficient (Wildman–Crippen LogP) is 1.44. The number of hydrogen-bond acceptors (Lipinski definition) is 4. The van der Waals surface area contributed by atoms with E-state index in [1.54, 1.807) is 12.0 Å². The highest BCUT2D eigenvalue weighted by atomic mass is 16.5. The van der Waals surface area contributed by atoms with E-state index in [1.807, 2.05) is 6.07 Å². The zero-order valence-corrected chi connectivity index (χ0v) is 14.2. The quantitative estimate of drug-likeness (QED) is 0.874. The zero-order chi connectivity index (χ0) is 17.0. The van der Waals surface area contributed by atoms with Crippen molar-refractivity contribution >= 4 is 6.03 Å². The number of urea groups is 1. The molecule has 1 unspecified atom stereocenters. The van der Waals surface area contributed by atoms with Gasteiger partial charge in [0, 0.05) is 20.2 Å². The molecule has 1 atom stereocenters. The molecular formula is C18H26N2O4. The molecule has 2 aliphatic heterocycles. The summed E-state index contributed by atoms with van der Waals surface area (Å²) in [6.45, 7) is 2.94. The van der Waals surface area contributed by atoms with Crippen molar-refractivity contribution in [2.24, 2.45) is 0 Å². The maximum absolute atomic E-state index is 12.5. The van der Waals surface area contributed by atoms with Crippen LogP contribution in [0.3, 0.4) is 0 Å². The van der Waals surface area contributed by atoms with Crippen LogP contribution < -0.4 is 5.32 Å². The molecule has 2 N–H and O–H groups in total. The molecule has 0 bridgehead atoms. The molecule has 0 aromatic heterocycles. The van der Waals surface area contributed by atoms with Crippen LogP contribution in [0.1, 0.15) is 29.5 Å². The molecule has 132 valence electrons. The molecule has 1 fully saturated rings. The SMILES string of the molecule is COC1(CO)CCCN(C(=O)NCc2cccc3c2CCOC3)C1. The van der Waals surface area contributed by atoms with Gasteiger partial charge >= 0.3 is 6.03 Å². The van der Waals surface area contributed by atoms with E-state index in [-0.39, 0.29) is 12.6 Å². The predicted molar refractivity (Wildman–Crippen MR) is 89.7 cm³/mol. The number of carbonyl (C=O) groups is 1. The molecule has 6 heteroatoms. The Labute approximate surface area is 142 Å². The molecule has 24 heavy (non-hydrogen) atoms. The number of fused-ring (bicyclic) bond motifs is 1. The van der Waals surface area contributed by atoms with E-state index in [9.17, 15) is 9.90 Å². The van der Waals surface area contributed by atoms with Crippen molar-refractivity contribution in [3.63, 3.8) is 0 Å². The molecule has 1 aromatic carbocycles. The standard InChI is InChI=1S/C18H26N2O4/c1-23-18(13-21)7-3-8-20(12-18)17(22)19-10-14-4-2-5-15-11-24-9-6-16(14)15/h2,4-5,21H,3,6-13H2,1H3,(H,19,22). The molecule has 0 saturated carbocycles. The van der Waals surface area contributed by atoms with Gasteiger partial charge in [0.1, 0.15) is 5.60 Å². The molecule has 0 spiro atoms. The lowest BCUT2D eigenvalue weighted by Gasteiger charge is -2.40. The summed E-state index contributed by atoms with van der Waals surface area (Å²) < 4.78 is 10.9. The Kier molecular flexibility index (Phi) is 5.38. The van der Waals surface area contributed by atoms with Gasteiger partial charge in [0.15, 0.2) is 0 Å². The van der Waals surface area contributed by atoms with Crippen LogP contribution in [0, 0.1) is 0 Å². The summed E-state index contributed by atoms with van der Waals surface area (Å²) in [6, 6.07) is 6.05. The fraction of sp³-hybridized carbons (Fsp3) is 0.611. The van der Waals surface area contributed by atoms with Crippen molar-refractivity contribution < 1.29 is 19.4 Å². The molecule has 2 heterocycles. The second-order valence-corrected chi connectivity index (χ2v) is 6.59. The molecule has 1 saturated heterocycles. The van der Waals surface area contributed by atoms with Gasteiger partial charge in [-0.15, -0.1) is 0 Å². The minimum absolute atomic E-state index is 0.0700. The third-order valence-corrected chi connectivity index (χ3v) is 5.10. The van der Waals surface area contributed by atoms with Crippen LogP contribution in [-0.4, -0.2) is 55.1 Å². The van der Waals surface area contributed by atoms with Gasteiger partial charge < -0.3 is 24.8 Å². The summed E-state index contributed by atoms with van der Waals surface area (Å²) in [4.78, 5) is 14.2. The Balaban J connectivity index is 1.62. The highest BCUT2D eigenvalue weighted by Gasteiger charge is 2.36. The van der Waals surface area contributed by atoms with E-state index in [0.29, 0.717) is 26.2 Å². The van der Waals surface area contributed by atoms with Crippen LogP contribution in [0.4, 0.5) is 4.79 Å². The molecule has 0 aliphatic carbocycles. The minimum atomic E-state index is -0.626. The molecule has 6 nitrogen and oxygen atoms in total. The fourth-order valence-electron chi connectivity index (χ4n) is 3.58. The van der Waals surface area contributed by atoms with Crippen molar-refractivity contribution in [1.82, 2.24) is 10.2 Å². The van der Waals surface area contributed by atoms with Crippen LogP contribution in [-0.2, 0) is 29.0 Å². The number of benzene rings is 1. The van der Waals surface area contributed by atoms with Gasteiger partial charge in [-0.05, 0) is 36.0 Å². The topological polar surface area (TPSA) is 71.0 Å². The number of ether oxygens (including phenoxy) is 2. The molecule has 2 amide bonds. The van der Waals surface area contributed by atoms with Crippen LogP contribution in [0.15, 0.2) is 18.2 Å². The van der Waals surface area contributed by atoms with Crippen LogP contribution in [0.25, 0.3) is 0 Å². The second-order valence-electron chi connectivity index (χ2n) is 6.59. The molecular weight excluding hydrogens is 308 g/mol. The average Bonchev–Trinajstić information content (AvgIpc) is 2.66. The summed E-state index contributed by atoms with van der Waals surface area (Å²) in [6.07, 6.45) is 2.50. The van der Waals surface area contributed by atoms with E-state index in [2.05, 4.69) is 17.4 Å². The van der Waals surface area contributed by atoms with Gasteiger partial charge in [0.05, 0.1) is 26.4 Å². The van der Waals surface area contributed by atoms with E-state index in [4.69, 9.17) is 9.47 Å². The van der Waals surface area contributed by atoms with Crippen molar-refractivity contribution in [1.29, 1.82) is 0 Å². The number of nitrogens with zero attached hydrogens (tertiary/aromatic N) is 1. The van der Waals surface area contributed by atoms with Crippen LogP contribution in [0.2, 0.25) is 0 Å². The second kappa shape index (κ2) is 7.51. The number of piperidine rings is 1. The van der Waals surface area contributed by atoms with Crippen LogP contribution >= 0.6 is 0 Å². The Morgan fingerprint density at radius 1 is 1.50 bits per heavy atom. The van der Waals surface area contributed by atoms with Crippen molar-refractivity contribution in [2.75, 3.05) is 33.4 Å². The van der Waals surface area contributed by atoms with E-state index >= 15 is 0 Å². The molecule has 0 radical (unpaired) electrons. The van der Waals surface area contributed by atoms with E-state index in [0.717, 1.165) is 31.4 Å². The third kappa shape index (κ3) is 3.55. The third-order valence-electron chi connectivity index (χ3n) is 5.10. The average molecular weight is 334 g/mol. The van der Waals surface area contributed by atoms with E-state index in [1.165, 1.54) is 11.1 Å². The number of amides is 2. The van der Waals surface area contributed by atoms with Gasteiger partial charge in [-0.1, -0.05) is 18.2 Å².